The lowest BCUT2D eigenvalue weighted by molar-refractivity contribution is 0.211. The van der Waals surface area contributed by atoms with Crippen molar-refractivity contribution in [1.29, 1.82) is 0 Å². The van der Waals surface area contributed by atoms with Crippen LogP contribution in [0, 0.1) is 0 Å². The summed E-state index contributed by atoms with van der Waals surface area (Å²) in [6, 6.07) is 0. The quantitative estimate of drug-likeness (QED) is 0.594. The molecule has 1 atom stereocenters. The Bertz CT molecular complexity index is 114. The number of aliphatic hydroxyl groups is 1. The van der Waals surface area contributed by atoms with E-state index in [1.165, 1.54) is 0 Å². The Labute approximate surface area is 63.1 Å². The number of aliphatic hydroxyl groups excluding tert-OH is 1. The predicted molar refractivity (Wildman–Crippen MR) is 44.9 cm³/mol. The minimum atomic E-state index is -0.263. The zero-order valence-corrected chi connectivity index (χ0v) is 6.75. The molecule has 0 rings (SSSR count). The van der Waals surface area contributed by atoms with Crippen molar-refractivity contribution in [2.45, 2.75) is 32.8 Å². The van der Waals surface area contributed by atoms with Crippen LogP contribution < -0.4 is 0 Å². The van der Waals surface area contributed by atoms with E-state index in [0.717, 1.165) is 12.8 Å². The summed E-state index contributed by atoms with van der Waals surface area (Å²) in [7, 11) is 0. The fourth-order valence-corrected chi connectivity index (χ4v) is 0.696. The molecule has 1 nitrogen and oxygen atoms in total. The molecule has 58 valence electrons. The fraction of sp³-hybridized carbons (Fsp3) is 0.556. The van der Waals surface area contributed by atoms with Crippen molar-refractivity contribution >= 4 is 0 Å². The minimum absolute atomic E-state index is 0.263. The number of hydrogen-bond acceptors (Lipinski definition) is 1. The van der Waals surface area contributed by atoms with Gasteiger partial charge in [0.15, 0.2) is 0 Å². The topological polar surface area (TPSA) is 20.2 Å². The van der Waals surface area contributed by atoms with E-state index in [-0.39, 0.29) is 6.10 Å². The molecule has 10 heavy (non-hydrogen) atoms. The van der Waals surface area contributed by atoms with Crippen molar-refractivity contribution < 1.29 is 5.11 Å². The van der Waals surface area contributed by atoms with Gasteiger partial charge < -0.3 is 5.11 Å². The molecule has 1 N–H and O–H groups in total. The molecule has 0 aromatic rings. The molecule has 0 aliphatic heterocycles. The van der Waals surface area contributed by atoms with Crippen LogP contribution in [0.15, 0.2) is 24.3 Å². The molecule has 0 heterocycles. The first kappa shape index (κ1) is 9.44. The summed E-state index contributed by atoms with van der Waals surface area (Å²) in [5.41, 5.74) is 0. The molecule has 1 heteroatoms. The highest BCUT2D eigenvalue weighted by atomic mass is 16.3. The van der Waals surface area contributed by atoms with Crippen molar-refractivity contribution in [3.05, 3.63) is 24.3 Å². The van der Waals surface area contributed by atoms with Crippen LogP contribution >= 0.6 is 0 Å². The Morgan fingerprint density at radius 3 is 2.60 bits per heavy atom. The first-order valence-electron chi connectivity index (χ1n) is 3.78. The van der Waals surface area contributed by atoms with E-state index in [1.807, 2.05) is 31.2 Å². The van der Waals surface area contributed by atoms with Gasteiger partial charge in [0, 0.05) is 0 Å². The van der Waals surface area contributed by atoms with Crippen LogP contribution in [-0.4, -0.2) is 11.2 Å². The Balaban J connectivity index is 3.44. The maximum absolute atomic E-state index is 9.16. The Morgan fingerprint density at radius 1 is 1.40 bits per heavy atom. The number of allylic oxidation sites excluding steroid dienone is 3. The summed E-state index contributed by atoms with van der Waals surface area (Å²) in [6.45, 7) is 4.02. The van der Waals surface area contributed by atoms with Gasteiger partial charge in [0.25, 0.3) is 0 Å². The number of rotatable bonds is 4. The molecule has 0 aliphatic carbocycles. The molecule has 0 radical (unpaired) electrons. The average molecular weight is 140 g/mol. The maximum Gasteiger partial charge on any atom is 0.0723 e. The maximum atomic E-state index is 9.16. The van der Waals surface area contributed by atoms with Gasteiger partial charge in [-0.3, -0.25) is 0 Å². The van der Waals surface area contributed by atoms with E-state index in [2.05, 4.69) is 6.92 Å². The Hall–Kier alpha value is -0.560. The van der Waals surface area contributed by atoms with Crippen LogP contribution in [0.3, 0.4) is 0 Å². The monoisotopic (exact) mass is 140 g/mol. The third kappa shape index (κ3) is 5.57. The first-order chi connectivity index (χ1) is 4.81. The van der Waals surface area contributed by atoms with Gasteiger partial charge in [0.2, 0.25) is 0 Å². The summed E-state index contributed by atoms with van der Waals surface area (Å²) >= 11 is 0. The van der Waals surface area contributed by atoms with E-state index in [4.69, 9.17) is 5.11 Å². The van der Waals surface area contributed by atoms with Gasteiger partial charge in [-0.25, -0.2) is 0 Å². The Morgan fingerprint density at radius 2 is 2.10 bits per heavy atom. The van der Waals surface area contributed by atoms with Gasteiger partial charge in [0.1, 0.15) is 0 Å². The summed E-state index contributed by atoms with van der Waals surface area (Å²) in [6.07, 6.45) is 9.16. The highest BCUT2D eigenvalue weighted by Gasteiger charge is 1.92. The molecule has 0 fully saturated rings. The second-order valence-electron chi connectivity index (χ2n) is 2.27. The molecule has 0 saturated carbocycles. The smallest absolute Gasteiger partial charge is 0.0723 e. The molecular formula is C9H16O. The highest BCUT2D eigenvalue weighted by Crippen LogP contribution is 1.96. The van der Waals surface area contributed by atoms with Gasteiger partial charge >= 0.3 is 0 Å². The van der Waals surface area contributed by atoms with E-state index in [0.29, 0.717) is 0 Å². The Kier molecular flexibility index (Phi) is 6.19. The molecular weight excluding hydrogens is 124 g/mol. The lowest BCUT2D eigenvalue weighted by Gasteiger charge is -1.99. The summed E-state index contributed by atoms with van der Waals surface area (Å²) < 4.78 is 0. The fourth-order valence-electron chi connectivity index (χ4n) is 0.696. The molecule has 0 aromatic heterocycles. The van der Waals surface area contributed by atoms with Crippen LogP contribution in [0.25, 0.3) is 0 Å². The van der Waals surface area contributed by atoms with E-state index in [1.54, 1.807) is 0 Å². The standard InChI is InChI=1S/C9H16O/c1-3-5-6-8-9(10)7-4-2/h3,5-6,8-10H,4,7H2,1-2H3. The molecule has 1 unspecified atom stereocenters. The van der Waals surface area contributed by atoms with Crippen LogP contribution in [0.2, 0.25) is 0 Å². The summed E-state index contributed by atoms with van der Waals surface area (Å²) in [4.78, 5) is 0. The SMILES string of the molecule is CC=CC=CC(O)CCC. The van der Waals surface area contributed by atoms with Crippen LogP contribution in [0.4, 0.5) is 0 Å². The van der Waals surface area contributed by atoms with Crippen molar-refractivity contribution in [2.24, 2.45) is 0 Å². The normalized spacial score (nSPS) is 15.1. The molecule has 0 amide bonds. The van der Waals surface area contributed by atoms with E-state index in [9.17, 15) is 0 Å². The van der Waals surface area contributed by atoms with Gasteiger partial charge in [-0.2, -0.15) is 0 Å². The molecule has 0 saturated heterocycles. The third-order valence-corrected chi connectivity index (χ3v) is 1.22. The predicted octanol–water partition coefficient (Wildman–Crippen LogP) is 2.28. The van der Waals surface area contributed by atoms with E-state index < -0.39 is 0 Å². The van der Waals surface area contributed by atoms with Crippen LogP contribution in [0.5, 0.6) is 0 Å². The zero-order valence-electron chi connectivity index (χ0n) is 6.75. The lowest BCUT2D eigenvalue weighted by Crippen LogP contribution is -1.99. The summed E-state index contributed by atoms with van der Waals surface area (Å²) in [5, 5.41) is 9.16. The van der Waals surface area contributed by atoms with Gasteiger partial charge in [-0.05, 0) is 13.3 Å². The van der Waals surface area contributed by atoms with Crippen molar-refractivity contribution in [3.8, 4) is 0 Å². The largest absolute Gasteiger partial charge is 0.389 e. The number of hydrogen-bond donors (Lipinski definition) is 1. The second kappa shape index (κ2) is 6.56. The molecule has 0 aromatic carbocycles. The third-order valence-electron chi connectivity index (χ3n) is 1.22. The first-order valence-corrected chi connectivity index (χ1v) is 3.78. The van der Waals surface area contributed by atoms with Crippen molar-refractivity contribution in [2.75, 3.05) is 0 Å². The lowest BCUT2D eigenvalue weighted by atomic mass is 10.2. The van der Waals surface area contributed by atoms with E-state index >= 15 is 0 Å². The molecule has 0 aliphatic rings. The van der Waals surface area contributed by atoms with Gasteiger partial charge in [-0.15, -0.1) is 0 Å². The molecule has 0 spiro atoms. The second-order valence-corrected chi connectivity index (χ2v) is 2.27. The van der Waals surface area contributed by atoms with Crippen molar-refractivity contribution in [3.63, 3.8) is 0 Å². The van der Waals surface area contributed by atoms with Gasteiger partial charge in [-0.1, -0.05) is 37.6 Å². The average Bonchev–Trinajstić information content (AvgIpc) is 1.89. The van der Waals surface area contributed by atoms with Crippen LogP contribution in [-0.2, 0) is 0 Å². The van der Waals surface area contributed by atoms with Crippen molar-refractivity contribution in [1.82, 2.24) is 0 Å². The highest BCUT2D eigenvalue weighted by molar-refractivity contribution is 5.03. The van der Waals surface area contributed by atoms with Crippen LogP contribution in [0.1, 0.15) is 26.7 Å². The molecule has 0 bridgehead atoms. The summed E-state index contributed by atoms with van der Waals surface area (Å²) in [5.74, 6) is 0. The zero-order chi connectivity index (χ0) is 7.82. The minimum Gasteiger partial charge on any atom is -0.389 e. The van der Waals surface area contributed by atoms with Gasteiger partial charge in [0.05, 0.1) is 6.10 Å².